The van der Waals surface area contributed by atoms with Crippen LogP contribution in [0.25, 0.3) is 21.7 Å². The number of pyridine rings is 1. The number of anilines is 3. The maximum absolute atomic E-state index is 12.3. The Bertz CT molecular complexity index is 1360. The van der Waals surface area contributed by atoms with Gasteiger partial charge in [0, 0.05) is 15.7 Å². The molecule has 6 nitrogen and oxygen atoms in total. The molecule has 3 aromatic carbocycles. The Morgan fingerprint density at radius 3 is 2.61 bits per heavy atom. The Labute approximate surface area is 183 Å². The zero-order chi connectivity index (χ0) is 21.7. The molecule has 1 atom stereocenters. The van der Waals surface area contributed by atoms with Gasteiger partial charge in [0.15, 0.2) is 0 Å². The Kier molecular flexibility index (Phi) is 4.63. The van der Waals surface area contributed by atoms with E-state index in [9.17, 15) is 15.0 Å². The highest BCUT2D eigenvalue weighted by molar-refractivity contribution is 8.00. The Morgan fingerprint density at radius 1 is 1.16 bits per heavy atom. The molecule has 1 unspecified atom stereocenters. The van der Waals surface area contributed by atoms with Crippen molar-refractivity contribution in [2.24, 2.45) is 0 Å². The third-order valence-electron chi connectivity index (χ3n) is 5.64. The fourth-order valence-electron chi connectivity index (χ4n) is 4.30. The lowest BCUT2D eigenvalue weighted by Gasteiger charge is -2.29. The molecule has 4 aromatic rings. The van der Waals surface area contributed by atoms with Crippen molar-refractivity contribution >= 4 is 56.6 Å². The third kappa shape index (κ3) is 2.96. The summed E-state index contributed by atoms with van der Waals surface area (Å²) in [5.74, 6) is -1.07. The van der Waals surface area contributed by atoms with Crippen LogP contribution >= 0.6 is 11.8 Å². The average Bonchev–Trinajstić information content (AvgIpc) is 3.13. The Hall–Kier alpha value is -3.45. The number of hydrogen-bond donors (Lipinski definition) is 3. The number of aromatic nitrogens is 1. The van der Waals surface area contributed by atoms with Gasteiger partial charge in [0.05, 0.1) is 22.3 Å². The van der Waals surface area contributed by atoms with Gasteiger partial charge in [-0.3, -0.25) is 0 Å². The molecule has 5 rings (SSSR count). The molecule has 1 aliphatic heterocycles. The summed E-state index contributed by atoms with van der Waals surface area (Å²) in [4.78, 5) is 19.8. The largest absolute Gasteiger partial charge is 0.506 e. The molecule has 1 aromatic heterocycles. The summed E-state index contributed by atoms with van der Waals surface area (Å²) in [6.07, 6.45) is 1.73. The molecule has 7 heteroatoms. The van der Waals surface area contributed by atoms with Crippen molar-refractivity contribution in [1.29, 1.82) is 0 Å². The molecule has 4 N–H and O–H groups in total. The summed E-state index contributed by atoms with van der Waals surface area (Å²) in [7, 11) is 0. The van der Waals surface area contributed by atoms with Gasteiger partial charge in [0.25, 0.3) is 0 Å². The van der Waals surface area contributed by atoms with Crippen LogP contribution < -0.4 is 10.6 Å². The standard InChI is InChI=1S/C24H21N3O3S/c1-2-7-18-27(20-22(31-18)15-10-5-6-11-16(15)26-23(20)25)17-12-13-8-3-4-9-14(13)21(28)19(17)24(29)30/h3-6,8-12,18,28H,2,7H2,1H3,(H2,25,26)(H,29,30). The predicted octanol–water partition coefficient (Wildman–Crippen LogP) is 5.74. The van der Waals surface area contributed by atoms with Crippen molar-refractivity contribution in [3.63, 3.8) is 0 Å². The van der Waals surface area contributed by atoms with Crippen LogP contribution in [0.1, 0.15) is 30.1 Å². The molecule has 2 heterocycles. The van der Waals surface area contributed by atoms with Crippen LogP contribution in [0.2, 0.25) is 0 Å². The molecule has 31 heavy (non-hydrogen) atoms. The normalized spacial score (nSPS) is 15.5. The minimum atomic E-state index is -1.18. The van der Waals surface area contributed by atoms with E-state index in [0.717, 1.165) is 34.0 Å². The molecule has 0 amide bonds. The van der Waals surface area contributed by atoms with Crippen molar-refractivity contribution in [3.8, 4) is 5.75 Å². The summed E-state index contributed by atoms with van der Waals surface area (Å²) < 4.78 is 0. The predicted molar refractivity (Wildman–Crippen MR) is 125 cm³/mol. The van der Waals surface area contributed by atoms with E-state index in [2.05, 4.69) is 11.9 Å². The summed E-state index contributed by atoms with van der Waals surface area (Å²) in [6.45, 7) is 2.09. The smallest absolute Gasteiger partial charge is 0.341 e. The van der Waals surface area contributed by atoms with E-state index in [1.54, 1.807) is 23.9 Å². The summed E-state index contributed by atoms with van der Waals surface area (Å²) in [5.41, 5.74) is 8.24. The van der Waals surface area contributed by atoms with Crippen LogP contribution in [0.4, 0.5) is 17.2 Å². The van der Waals surface area contributed by atoms with Gasteiger partial charge in [-0.25, -0.2) is 9.78 Å². The zero-order valence-corrected chi connectivity index (χ0v) is 17.7. The first-order chi connectivity index (χ1) is 15.0. The van der Waals surface area contributed by atoms with Gasteiger partial charge in [0.1, 0.15) is 17.1 Å². The maximum Gasteiger partial charge on any atom is 0.341 e. The zero-order valence-electron chi connectivity index (χ0n) is 16.9. The first kappa shape index (κ1) is 19.5. The van der Waals surface area contributed by atoms with Gasteiger partial charge < -0.3 is 20.8 Å². The molecule has 0 bridgehead atoms. The van der Waals surface area contributed by atoms with Gasteiger partial charge in [-0.2, -0.15) is 0 Å². The van der Waals surface area contributed by atoms with Crippen LogP contribution in [-0.4, -0.2) is 26.5 Å². The molecule has 1 aliphatic rings. The van der Waals surface area contributed by atoms with Gasteiger partial charge >= 0.3 is 5.97 Å². The minimum Gasteiger partial charge on any atom is -0.506 e. The lowest BCUT2D eigenvalue weighted by molar-refractivity contribution is 0.0695. The van der Waals surface area contributed by atoms with Gasteiger partial charge in [-0.15, -0.1) is 0 Å². The number of para-hydroxylation sites is 1. The highest BCUT2D eigenvalue weighted by atomic mass is 32.2. The van der Waals surface area contributed by atoms with Gasteiger partial charge in [0.2, 0.25) is 0 Å². The number of carboxylic acids is 1. The Balaban J connectivity index is 1.85. The number of rotatable bonds is 4. The van der Waals surface area contributed by atoms with E-state index in [0.29, 0.717) is 22.6 Å². The van der Waals surface area contributed by atoms with E-state index < -0.39 is 5.97 Å². The molecule has 0 saturated heterocycles. The van der Waals surface area contributed by atoms with Crippen molar-refractivity contribution in [2.45, 2.75) is 30.0 Å². The van der Waals surface area contributed by atoms with Crippen LogP contribution in [0.15, 0.2) is 59.5 Å². The Morgan fingerprint density at radius 2 is 1.87 bits per heavy atom. The number of hydrogen-bond acceptors (Lipinski definition) is 6. The molecule has 0 aliphatic carbocycles. The van der Waals surface area contributed by atoms with E-state index in [1.807, 2.05) is 47.4 Å². The number of aromatic carboxylic acids is 1. The molecular formula is C24H21N3O3S. The van der Waals surface area contributed by atoms with Crippen molar-refractivity contribution in [1.82, 2.24) is 4.98 Å². The van der Waals surface area contributed by atoms with Crippen LogP contribution in [0, 0.1) is 0 Å². The number of phenols is 1. The highest BCUT2D eigenvalue weighted by Gasteiger charge is 2.37. The second-order valence-corrected chi connectivity index (χ2v) is 8.76. The van der Waals surface area contributed by atoms with E-state index in [4.69, 9.17) is 5.73 Å². The number of thioether (sulfide) groups is 1. The molecule has 156 valence electrons. The second-order valence-electron chi connectivity index (χ2n) is 7.57. The molecule has 0 radical (unpaired) electrons. The molecular weight excluding hydrogens is 410 g/mol. The quantitative estimate of drug-likeness (QED) is 0.379. The lowest BCUT2D eigenvalue weighted by Crippen LogP contribution is -2.26. The summed E-state index contributed by atoms with van der Waals surface area (Å²) >= 11 is 1.67. The van der Waals surface area contributed by atoms with Crippen molar-refractivity contribution in [2.75, 3.05) is 10.6 Å². The summed E-state index contributed by atoms with van der Waals surface area (Å²) in [6, 6.07) is 16.9. The second kappa shape index (κ2) is 7.35. The summed E-state index contributed by atoms with van der Waals surface area (Å²) in [5, 5.41) is 23.1. The van der Waals surface area contributed by atoms with Crippen molar-refractivity contribution in [3.05, 3.63) is 60.2 Å². The van der Waals surface area contributed by atoms with E-state index in [1.165, 1.54) is 0 Å². The van der Waals surface area contributed by atoms with Gasteiger partial charge in [-0.1, -0.05) is 67.6 Å². The van der Waals surface area contributed by atoms with Gasteiger partial charge in [-0.05, 0) is 23.9 Å². The monoisotopic (exact) mass is 431 g/mol. The highest BCUT2D eigenvalue weighted by Crippen LogP contribution is 2.55. The molecule has 0 spiro atoms. The number of aromatic hydroxyl groups is 1. The van der Waals surface area contributed by atoms with Crippen molar-refractivity contribution < 1.29 is 15.0 Å². The number of nitrogen functional groups attached to an aromatic ring is 1. The number of nitrogens with two attached hydrogens (primary N) is 1. The maximum atomic E-state index is 12.3. The average molecular weight is 432 g/mol. The fourth-order valence-corrected chi connectivity index (χ4v) is 5.86. The molecule has 0 fully saturated rings. The van der Waals surface area contributed by atoms with Crippen LogP contribution in [0.3, 0.4) is 0 Å². The number of fused-ring (bicyclic) bond motifs is 4. The first-order valence-corrected chi connectivity index (χ1v) is 11.0. The van der Waals surface area contributed by atoms with Crippen LogP contribution in [-0.2, 0) is 0 Å². The fraction of sp³-hybridized carbons (Fsp3) is 0.167. The first-order valence-electron chi connectivity index (χ1n) is 10.1. The number of carboxylic acid groups (broad SMARTS) is 1. The topological polar surface area (TPSA) is 99.7 Å². The van der Waals surface area contributed by atoms with E-state index in [-0.39, 0.29) is 16.7 Å². The minimum absolute atomic E-state index is 0.0615. The number of nitrogens with zero attached hydrogens (tertiary/aromatic N) is 2. The van der Waals surface area contributed by atoms with Crippen LogP contribution in [0.5, 0.6) is 5.75 Å². The lowest BCUT2D eigenvalue weighted by atomic mass is 10.0. The SMILES string of the molecule is CCCC1Sc2c(c(N)nc3ccccc23)N1c1cc2ccccc2c(O)c1C(=O)O. The number of carbonyl (C=O) groups is 1. The third-order valence-corrected chi connectivity index (χ3v) is 7.01. The number of benzene rings is 3. The van der Waals surface area contributed by atoms with E-state index >= 15 is 0 Å². The molecule has 0 saturated carbocycles.